The van der Waals surface area contributed by atoms with Crippen molar-refractivity contribution in [3.63, 3.8) is 0 Å². The fourth-order valence-corrected chi connectivity index (χ4v) is 2.46. The normalized spacial score (nSPS) is 36.4. The number of phenols is 1. The van der Waals surface area contributed by atoms with E-state index in [1.54, 1.807) is 18.2 Å². The summed E-state index contributed by atoms with van der Waals surface area (Å²) in [6.45, 7) is 1.84. The highest BCUT2D eigenvalue weighted by Crippen LogP contribution is 2.47. The number of fused-ring (bicyclic) bond motifs is 4. The van der Waals surface area contributed by atoms with E-state index in [4.69, 9.17) is 9.47 Å². The van der Waals surface area contributed by atoms with Crippen molar-refractivity contribution in [2.24, 2.45) is 0 Å². The molecule has 0 aliphatic carbocycles. The van der Waals surface area contributed by atoms with Crippen LogP contribution in [0.4, 0.5) is 0 Å². The molecule has 1 saturated heterocycles. The van der Waals surface area contributed by atoms with E-state index in [0.717, 1.165) is 5.56 Å². The summed E-state index contributed by atoms with van der Waals surface area (Å²) >= 11 is 0. The van der Waals surface area contributed by atoms with Gasteiger partial charge < -0.3 is 19.7 Å². The average Bonchev–Trinajstić information content (AvgIpc) is 2.26. The Hall–Kier alpha value is -1.26. The SMILES string of the molecule is CC12OC(CCC1O)Oc1ccc(O)cc12. The molecule has 86 valence electrons. The van der Waals surface area contributed by atoms with Crippen LogP contribution in [0.2, 0.25) is 0 Å². The monoisotopic (exact) mass is 222 g/mol. The second kappa shape index (κ2) is 3.12. The number of benzene rings is 1. The molecule has 2 N–H and O–H groups in total. The molecule has 1 fully saturated rings. The van der Waals surface area contributed by atoms with Crippen LogP contribution < -0.4 is 4.74 Å². The lowest BCUT2D eigenvalue weighted by atomic mass is 9.83. The van der Waals surface area contributed by atoms with Crippen molar-refractivity contribution in [2.75, 3.05) is 0 Å². The Balaban J connectivity index is 2.16. The van der Waals surface area contributed by atoms with E-state index in [1.807, 2.05) is 6.92 Å². The van der Waals surface area contributed by atoms with E-state index >= 15 is 0 Å². The Bertz CT molecular complexity index is 431. The molecule has 3 unspecified atom stereocenters. The number of ether oxygens (including phenoxy) is 2. The molecule has 2 heterocycles. The number of aromatic hydroxyl groups is 1. The smallest absolute Gasteiger partial charge is 0.201 e. The van der Waals surface area contributed by atoms with Crippen LogP contribution in [-0.4, -0.2) is 22.6 Å². The molecule has 4 heteroatoms. The van der Waals surface area contributed by atoms with Crippen LogP contribution in [0, 0.1) is 0 Å². The van der Waals surface area contributed by atoms with Crippen molar-refractivity contribution in [3.8, 4) is 11.5 Å². The maximum absolute atomic E-state index is 10.1. The van der Waals surface area contributed by atoms with Gasteiger partial charge in [-0.2, -0.15) is 0 Å². The van der Waals surface area contributed by atoms with Gasteiger partial charge in [-0.15, -0.1) is 0 Å². The molecule has 0 aromatic heterocycles. The molecular weight excluding hydrogens is 208 g/mol. The largest absolute Gasteiger partial charge is 0.508 e. The second-order valence-electron chi connectivity index (χ2n) is 4.55. The number of aliphatic hydroxyl groups is 1. The van der Waals surface area contributed by atoms with Crippen LogP contribution >= 0.6 is 0 Å². The van der Waals surface area contributed by atoms with E-state index in [-0.39, 0.29) is 12.0 Å². The van der Waals surface area contributed by atoms with E-state index in [9.17, 15) is 10.2 Å². The van der Waals surface area contributed by atoms with E-state index in [1.165, 1.54) is 0 Å². The van der Waals surface area contributed by atoms with Crippen molar-refractivity contribution in [2.45, 2.75) is 37.8 Å². The highest BCUT2D eigenvalue weighted by Gasteiger charge is 2.48. The van der Waals surface area contributed by atoms with Crippen molar-refractivity contribution in [1.82, 2.24) is 0 Å². The summed E-state index contributed by atoms with van der Waals surface area (Å²) in [4.78, 5) is 0. The van der Waals surface area contributed by atoms with Crippen LogP contribution in [0.1, 0.15) is 25.3 Å². The fourth-order valence-electron chi connectivity index (χ4n) is 2.46. The lowest BCUT2D eigenvalue weighted by Crippen LogP contribution is -2.51. The Morgan fingerprint density at radius 1 is 1.38 bits per heavy atom. The van der Waals surface area contributed by atoms with Gasteiger partial charge in [0.1, 0.15) is 17.1 Å². The minimum Gasteiger partial charge on any atom is -0.508 e. The van der Waals surface area contributed by atoms with Crippen molar-refractivity contribution in [3.05, 3.63) is 23.8 Å². The Labute approximate surface area is 93.4 Å². The maximum atomic E-state index is 10.1. The molecule has 2 bridgehead atoms. The summed E-state index contributed by atoms with van der Waals surface area (Å²) in [5.41, 5.74) is -0.0501. The number of hydrogen-bond acceptors (Lipinski definition) is 4. The molecule has 0 amide bonds. The zero-order valence-corrected chi connectivity index (χ0v) is 9.01. The van der Waals surface area contributed by atoms with Gasteiger partial charge in [0.25, 0.3) is 0 Å². The van der Waals surface area contributed by atoms with Gasteiger partial charge in [-0.05, 0) is 31.5 Å². The molecule has 1 aromatic rings. The summed E-state index contributed by atoms with van der Waals surface area (Å²) < 4.78 is 11.3. The second-order valence-corrected chi connectivity index (χ2v) is 4.55. The van der Waals surface area contributed by atoms with E-state index < -0.39 is 11.7 Å². The van der Waals surface area contributed by atoms with E-state index in [0.29, 0.717) is 18.6 Å². The highest BCUT2D eigenvalue weighted by molar-refractivity contribution is 5.45. The van der Waals surface area contributed by atoms with Crippen LogP contribution in [0.5, 0.6) is 11.5 Å². The van der Waals surface area contributed by atoms with Gasteiger partial charge >= 0.3 is 0 Å². The minimum atomic E-state index is -0.769. The van der Waals surface area contributed by atoms with Crippen LogP contribution in [0.15, 0.2) is 18.2 Å². The van der Waals surface area contributed by atoms with Gasteiger partial charge in [-0.1, -0.05) is 0 Å². The van der Waals surface area contributed by atoms with Gasteiger partial charge in [-0.25, -0.2) is 0 Å². The molecule has 0 spiro atoms. The first-order chi connectivity index (χ1) is 7.59. The van der Waals surface area contributed by atoms with Gasteiger partial charge in [0.2, 0.25) is 6.29 Å². The number of aliphatic hydroxyl groups excluding tert-OH is 1. The van der Waals surface area contributed by atoms with Crippen LogP contribution in [-0.2, 0) is 10.3 Å². The van der Waals surface area contributed by atoms with Crippen LogP contribution in [0.25, 0.3) is 0 Å². The van der Waals surface area contributed by atoms with Gasteiger partial charge in [0, 0.05) is 12.0 Å². The van der Waals surface area contributed by atoms with E-state index in [2.05, 4.69) is 0 Å². The lowest BCUT2D eigenvalue weighted by Gasteiger charge is -2.46. The van der Waals surface area contributed by atoms with Gasteiger partial charge in [-0.3, -0.25) is 0 Å². The number of hydrogen-bond donors (Lipinski definition) is 2. The van der Waals surface area contributed by atoms with Crippen molar-refractivity contribution in [1.29, 1.82) is 0 Å². The lowest BCUT2D eigenvalue weighted by molar-refractivity contribution is -0.257. The third-order valence-electron chi connectivity index (χ3n) is 3.44. The first kappa shape index (κ1) is 9.93. The first-order valence-corrected chi connectivity index (χ1v) is 5.45. The standard InChI is InChI=1S/C12H14O4/c1-12-8-6-7(13)2-3-9(8)15-11(16-12)5-4-10(12)14/h2-3,6,10-11,13-14H,4-5H2,1H3. The third kappa shape index (κ3) is 1.23. The maximum Gasteiger partial charge on any atom is 0.201 e. The molecule has 3 rings (SSSR count). The summed E-state index contributed by atoms with van der Waals surface area (Å²) in [5, 5.41) is 19.5. The topological polar surface area (TPSA) is 58.9 Å². The minimum absolute atomic E-state index is 0.156. The van der Waals surface area contributed by atoms with Gasteiger partial charge in [0.05, 0.1) is 6.10 Å². The van der Waals surface area contributed by atoms with Gasteiger partial charge in [0.15, 0.2) is 0 Å². The molecule has 3 atom stereocenters. The molecule has 16 heavy (non-hydrogen) atoms. The summed E-state index contributed by atoms with van der Waals surface area (Å²) in [6.07, 6.45) is 0.492. The summed E-state index contributed by atoms with van der Waals surface area (Å²) in [6, 6.07) is 4.90. The summed E-state index contributed by atoms with van der Waals surface area (Å²) in [5.74, 6) is 0.846. The van der Waals surface area contributed by atoms with Crippen LogP contribution in [0.3, 0.4) is 0 Å². The Morgan fingerprint density at radius 2 is 2.19 bits per heavy atom. The predicted molar refractivity (Wildman–Crippen MR) is 56.2 cm³/mol. The predicted octanol–water partition coefficient (Wildman–Crippen LogP) is 1.50. The Morgan fingerprint density at radius 3 is 3.00 bits per heavy atom. The zero-order valence-electron chi connectivity index (χ0n) is 9.01. The van der Waals surface area contributed by atoms with Crippen molar-refractivity contribution < 1.29 is 19.7 Å². The molecule has 0 radical (unpaired) electrons. The first-order valence-electron chi connectivity index (χ1n) is 5.45. The number of phenolic OH excluding ortho intramolecular Hbond substituents is 1. The fraction of sp³-hybridized carbons (Fsp3) is 0.500. The highest BCUT2D eigenvalue weighted by atomic mass is 16.7. The quantitative estimate of drug-likeness (QED) is 0.698. The molecule has 0 saturated carbocycles. The molecule has 4 nitrogen and oxygen atoms in total. The molecular formula is C12H14O4. The Kier molecular flexibility index (Phi) is 1.94. The zero-order chi connectivity index (χ0) is 11.3. The molecule has 1 aromatic carbocycles. The average molecular weight is 222 g/mol. The summed E-state index contributed by atoms with van der Waals surface area (Å²) in [7, 11) is 0. The molecule has 2 aliphatic heterocycles. The van der Waals surface area contributed by atoms with Crippen molar-refractivity contribution >= 4 is 0 Å². The third-order valence-corrected chi connectivity index (χ3v) is 3.44. The number of rotatable bonds is 0. The molecule has 2 aliphatic rings.